The van der Waals surface area contributed by atoms with E-state index in [0.29, 0.717) is 34.5 Å². The highest BCUT2D eigenvalue weighted by Crippen LogP contribution is 2.60. The predicted molar refractivity (Wildman–Crippen MR) is 195 cm³/mol. The molecule has 3 N–H and O–H groups in total. The fourth-order valence-electron chi connectivity index (χ4n) is 10.7. The van der Waals surface area contributed by atoms with Gasteiger partial charge in [-0.25, -0.2) is 0 Å². The number of benzene rings is 2. The summed E-state index contributed by atoms with van der Waals surface area (Å²) in [4.78, 5) is 47.9. The summed E-state index contributed by atoms with van der Waals surface area (Å²) in [5.74, 6) is -0.0234. The molecule has 9 rings (SSSR count). The van der Waals surface area contributed by atoms with Crippen molar-refractivity contribution in [1.82, 2.24) is 15.7 Å². The van der Waals surface area contributed by atoms with Crippen LogP contribution in [0.3, 0.4) is 0 Å². The van der Waals surface area contributed by atoms with Gasteiger partial charge in [-0.2, -0.15) is 5.06 Å². The van der Waals surface area contributed by atoms with Gasteiger partial charge in [0.25, 0.3) is 5.91 Å². The molecule has 10 unspecified atom stereocenters. The van der Waals surface area contributed by atoms with Crippen molar-refractivity contribution >= 4 is 23.9 Å². The zero-order valence-electron chi connectivity index (χ0n) is 31.3. The maximum atomic E-state index is 14.6. The minimum Gasteiger partial charge on any atom is -0.458 e. The first kappa shape index (κ1) is 36.0. The lowest BCUT2D eigenvalue weighted by Crippen LogP contribution is -2.69. The molecule has 7 fully saturated rings. The summed E-state index contributed by atoms with van der Waals surface area (Å²) in [7, 11) is 0. The number of ether oxygens (including phenoxy) is 4. The number of hydrogen-bond acceptors (Lipinski definition) is 10. The lowest BCUT2D eigenvalue weighted by Gasteiger charge is -2.53. The molecule has 0 spiro atoms. The van der Waals surface area contributed by atoms with Crippen LogP contribution in [0.1, 0.15) is 86.3 Å². The monoisotopic (exact) mass is 741 g/mol. The molecule has 4 aliphatic heterocycles. The third-order valence-electron chi connectivity index (χ3n) is 13.7. The number of allylic oxidation sites excluding steroid dienone is 1. The van der Waals surface area contributed by atoms with Crippen molar-refractivity contribution in [3.8, 4) is 0 Å². The smallest absolute Gasteiger partial charge is 0.327 e. The van der Waals surface area contributed by atoms with Gasteiger partial charge in [0.2, 0.25) is 5.91 Å². The summed E-state index contributed by atoms with van der Waals surface area (Å²) in [6.07, 6.45) is 5.81. The van der Waals surface area contributed by atoms with E-state index in [2.05, 4.69) is 49.6 Å². The third-order valence-corrected chi connectivity index (χ3v) is 13.7. The van der Waals surface area contributed by atoms with E-state index in [1.54, 1.807) is 23.3 Å². The molecule has 10 atom stereocenters. The number of nitrogens with one attached hydrogen (secondary N) is 2. The number of carbonyl (C=O) groups is 3. The molecular weight excluding hydrogens is 690 g/mol. The number of aliphatic hydroxyl groups is 1. The van der Waals surface area contributed by atoms with E-state index in [4.69, 9.17) is 28.9 Å². The Morgan fingerprint density at radius 1 is 1.02 bits per heavy atom. The summed E-state index contributed by atoms with van der Waals surface area (Å²) >= 11 is 0. The van der Waals surface area contributed by atoms with Gasteiger partial charge in [0.1, 0.15) is 36.6 Å². The topological polar surface area (TPSA) is 148 Å². The minimum absolute atomic E-state index is 0.0115. The average molecular weight is 742 g/mol. The highest BCUT2D eigenvalue weighted by molar-refractivity contribution is 5.95. The van der Waals surface area contributed by atoms with E-state index in [-0.39, 0.29) is 56.9 Å². The molecule has 12 nitrogen and oxygen atoms in total. The lowest BCUT2D eigenvalue weighted by molar-refractivity contribution is -0.201. The molecule has 2 bridgehead atoms. The Morgan fingerprint density at radius 2 is 1.85 bits per heavy atom. The van der Waals surface area contributed by atoms with Crippen LogP contribution >= 0.6 is 0 Å². The Labute approximate surface area is 315 Å². The van der Waals surface area contributed by atoms with Gasteiger partial charge in [0, 0.05) is 25.1 Å². The van der Waals surface area contributed by atoms with Crippen molar-refractivity contribution in [2.45, 2.75) is 115 Å². The minimum atomic E-state index is -1.29. The molecule has 0 aromatic heterocycles. The number of nitrogens with zero attached hydrogens (tertiary/aromatic N) is 1. The second kappa shape index (κ2) is 13.5. The summed E-state index contributed by atoms with van der Waals surface area (Å²) in [6, 6.07) is 14.2. The van der Waals surface area contributed by atoms with Crippen molar-refractivity contribution in [3.63, 3.8) is 0 Å². The lowest BCUT2D eigenvalue weighted by atomic mass is 9.52. The molecule has 2 aromatic carbocycles. The Hall–Kier alpha value is -3.65. The molecule has 4 heterocycles. The average Bonchev–Trinajstić information content (AvgIpc) is 3.44. The molecule has 288 valence electrons. The maximum Gasteiger partial charge on any atom is 0.327 e. The van der Waals surface area contributed by atoms with Crippen LogP contribution in [0.4, 0.5) is 0 Å². The summed E-state index contributed by atoms with van der Waals surface area (Å²) < 4.78 is 24.2. The second-order valence-corrected chi connectivity index (χ2v) is 17.3. The van der Waals surface area contributed by atoms with Crippen LogP contribution in [-0.2, 0) is 46.5 Å². The van der Waals surface area contributed by atoms with Crippen LogP contribution < -0.4 is 10.6 Å². The van der Waals surface area contributed by atoms with Crippen molar-refractivity contribution in [3.05, 3.63) is 76.4 Å². The van der Waals surface area contributed by atoms with E-state index in [1.165, 1.54) is 18.4 Å². The maximum absolute atomic E-state index is 14.6. The van der Waals surface area contributed by atoms with E-state index < -0.39 is 41.8 Å². The predicted octanol–water partition coefficient (Wildman–Crippen LogP) is 4.04. The Kier molecular flexibility index (Phi) is 9.02. The number of fused-ring (bicyclic) bond motifs is 6. The largest absolute Gasteiger partial charge is 0.458 e. The zero-order chi connectivity index (χ0) is 37.4. The number of amides is 2. The Balaban J connectivity index is 0.997. The van der Waals surface area contributed by atoms with Gasteiger partial charge >= 0.3 is 5.97 Å². The summed E-state index contributed by atoms with van der Waals surface area (Å²) in [6.45, 7) is 7.47. The first-order valence-electron chi connectivity index (χ1n) is 19.6. The molecular formula is C42H51N3O9. The van der Waals surface area contributed by atoms with E-state index in [9.17, 15) is 14.4 Å². The molecule has 4 saturated heterocycles. The number of epoxide rings is 1. The number of hydroxylamine groups is 2. The van der Waals surface area contributed by atoms with Crippen LogP contribution in [0.2, 0.25) is 0 Å². The van der Waals surface area contributed by atoms with Crippen LogP contribution in [-0.4, -0.2) is 90.1 Å². The van der Waals surface area contributed by atoms with Crippen LogP contribution in [0.5, 0.6) is 0 Å². The van der Waals surface area contributed by atoms with E-state index >= 15 is 0 Å². The number of carbonyl (C=O) groups excluding carboxylic acids is 3. The first-order chi connectivity index (χ1) is 26.0. The van der Waals surface area contributed by atoms with Crippen molar-refractivity contribution in [1.29, 1.82) is 0 Å². The van der Waals surface area contributed by atoms with E-state index in [0.717, 1.165) is 30.4 Å². The van der Waals surface area contributed by atoms with Crippen molar-refractivity contribution < 1.29 is 43.3 Å². The molecule has 3 aliphatic carbocycles. The molecule has 2 aromatic rings. The van der Waals surface area contributed by atoms with Crippen molar-refractivity contribution in [2.75, 3.05) is 19.9 Å². The molecule has 3 saturated carbocycles. The Bertz CT molecular complexity index is 1860. The van der Waals surface area contributed by atoms with Gasteiger partial charge in [-0.05, 0) is 85.1 Å². The van der Waals surface area contributed by atoms with Gasteiger partial charge in [-0.1, -0.05) is 61.9 Å². The summed E-state index contributed by atoms with van der Waals surface area (Å²) in [5.41, 5.74) is 3.68. The third kappa shape index (κ3) is 6.01. The second-order valence-electron chi connectivity index (χ2n) is 17.3. The highest BCUT2D eigenvalue weighted by atomic mass is 16.8. The first-order valence-corrected chi connectivity index (χ1v) is 19.6. The fourth-order valence-corrected chi connectivity index (χ4v) is 10.7. The normalized spacial score (nSPS) is 38.1. The summed E-state index contributed by atoms with van der Waals surface area (Å²) in [5, 5.41) is 16.5. The van der Waals surface area contributed by atoms with Gasteiger partial charge in [0.15, 0.2) is 6.04 Å². The quantitative estimate of drug-likeness (QED) is 0.254. The van der Waals surface area contributed by atoms with Gasteiger partial charge < -0.3 is 34.7 Å². The highest BCUT2D eigenvalue weighted by Gasteiger charge is 2.74. The Morgan fingerprint density at radius 3 is 2.69 bits per heavy atom. The number of hydrogen-bond donors (Lipinski definition) is 3. The fraction of sp³-hybridized carbons (Fsp3) is 0.595. The molecule has 0 radical (unpaired) electrons. The van der Waals surface area contributed by atoms with Gasteiger partial charge in [-0.3, -0.25) is 19.2 Å². The standard InChI is InChI=1S/C42H51N3O9/c1-40(2)19-29-26(11-12-32-41(3,53-32)14-13-30(29)40)18-25-8-4-5-9-28(25)22-45-35-38(48)52-31-20-42(35,36(54-45)34-33(31)50-23-51-34)39(49)44-21-24-7-6-10-27(17-24)37(47)43-15-16-46/h4-10,17-18,29-36,46H,11-16,19-23H2,1-3H3,(H,43,47)(H,44,49). The molecule has 12 heteroatoms. The van der Waals surface area contributed by atoms with Gasteiger partial charge in [-0.15, -0.1) is 0 Å². The van der Waals surface area contributed by atoms with E-state index in [1.807, 2.05) is 18.2 Å². The zero-order valence-corrected chi connectivity index (χ0v) is 31.3. The number of aliphatic hydroxyl groups excluding tert-OH is 1. The van der Waals surface area contributed by atoms with Crippen molar-refractivity contribution in [2.24, 2.45) is 22.7 Å². The van der Waals surface area contributed by atoms with Crippen LogP contribution in [0.25, 0.3) is 6.08 Å². The molecule has 2 amide bonds. The van der Waals surface area contributed by atoms with Crippen LogP contribution in [0.15, 0.2) is 54.1 Å². The molecule has 7 aliphatic rings. The van der Waals surface area contributed by atoms with Gasteiger partial charge in [0.05, 0.1) is 24.9 Å². The number of esters is 1. The number of rotatable bonds is 9. The van der Waals surface area contributed by atoms with Crippen LogP contribution in [0, 0.1) is 22.7 Å². The SMILES string of the molecule is CC1(C)CC2C(=Cc3ccccc3CN3OC4C5OCOC5C5CC4(C(=O)NCc4cccc(C(=O)NCCO)c4)C3C(=O)O5)CCC3OC3(C)CCC21. The molecule has 54 heavy (non-hydrogen) atoms.